The summed E-state index contributed by atoms with van der Waals surface area (Å²) in [6, 6.07) is 10.3. The van der Waals surface area contributed by atoms with Crippen LogP contribution in [0, 0.1) is 6.92 Å². The predicted octanol–water partition coefficient (Wildman–Crippen LogP) is 3.35. The van der Waals surface area contributed by atoms with Gasteiger partial charge in [0, 0.05) is 43.6 Å². The molecule has 5 heteroatoms. The highest BCUT2D eigenvalue weighted by molar-refractivity contribution is 5.88. The van der Waals surface area contributed by atoms with Crippen LogP contribution in [0.5, 0.6) is 5.75 Å². The summed E-state index contributed by atoms with van der Waals surface area (Å²) in [5.41, 5.74) is 4.45. The Morgan fingerprint density at radius 1 is 1.12 bits per heavy atom. The van der Waals surface area contributed by atoms with Gasteiger partial charge in [0.25, 0.3) is 0 Å². The van der Waals surface area contributed by atoms with E-state index in [1.807, 2.05) is 24.4 Å². The van der Waals surface area contributed by atoms with Crippen LogP contribution in [0.25, 0.3) is 10.9 Å². The van der Waals surface area contributed by atoms with E-state index in [0.717, 1.165) is 60.6 Å². The van der Waals surface area contributed by atoms with E-state index in [0.29, 0.717) is 6.61 Å². The van der Waals surface area contributed by atoms with Crippen molar-refractivity contribution in [1.82, 2.24) is 14.9 Å². The Hall–Kier alpha value is -2.50. The Morgan fingerprint density at radius 2 is 1.92 bits per heavy atom. The summed E-state index contributed by atoms with van der Waals surface area (Å²) in [6.07, 6.45) is 5.40. The molecule has 1 aromatic carbocycles. The van der Waals surface area contributed by atoms with Crippen LogP contribution in [0.1, 0.15) is 16.7 Å². The molecule has 134 valence electrons. The molecule has 4 rings (SSSR count). The van der Waals surface area contributed by atoms with Gasteiger partial charge >= 0.3 is 0 Å². The van der Waals surface area contributed by atoms with Crippen molar-refractivity contribution in [3.63, 3.8) is 0 Å². The first kappa shape index (κ1) is 16.9. The number of hydrogen-bond acceptors (Lipinski definition) is 5. The zero-order valence-electron chi connectivity index (χ0n) is 15.0. The molecule has 3 heterocycles. The lowest BCUT2D eigenvalue weighted by Crippen LogP contribution is -2.35. The molecule has 0 atom stereocenters. The molecule has 1 aliphatic rings. The van der Waals surface area contributed by atoms with Gasteiger partial charge in [-0.25, -0.2) is 0 Å². The van der Waals surface area contributed by atoms with Gasteiger partial charge in [-0.15, -0.1) is 0 Å². The lowest BCUT2D eigenvalue weighted by Gasteiger charge is -2.27. The summed E-state index contributed by atoms with van der Waals surface area (Å²) < 4.78 is 11.6. The number of fused-ring (bicyclic) bond motifs is 1. The van der Waals surface area contributed by atoms with E-state index < -0.39 is 0 Å². The Morgan fingerprint density at radius 3 is 2.73 bits per heavy atom. The van der Waals surface area contributed by atoms with Crippen molar-refractivity contribution in [2.45, 2.75) is 20.1 Å². The molecule has 0 saturated carbocycles. The van der Waals surface area contributed by atoms with E-state index >= 15 is 0 Å². The molecular formula is C21H23N3O2. The largest absolute Gasteiger partial charge is 0.486 e. The second kappa shape index (κ2) is 7.81. The minimum Gasteiger partial charge on any atom is -0.486 e. The van der Waals surface area contributed by atoms with E-state index in [9.17, 15) is 0 Å². The fourth-order valence-electron chi connectivity index (χ4n) is 3.38. The summed E-state index contributed by atoms with van der Waals surface area (Å²) in [4.78, 5) is 11.1. The number of rotatable bonds is 5. The molecule has 26 heavy (non-hydrogen) atoms. The summed E-state index contributed by atoms with van der Waals surface area (Å²) in [5, 5.41) is 1.16. The Kier molecular flexibility index (Phi) is 5.09. The molecule has 0 radical (unpaired) electrons. The summed E-state index contributed by atoms with van der Waals surface area (Å²) in [7, 11) is 0. The van der Waals surface area contributed by atoms with E-state index in [1.165, 1.54) is 5.56 Å². The number of aryl methyl sites for hydroxylation is 1. The van der Waals surface area contributed by atoms with Crippen LogP contribution in [0.2, 0.25) is 0 Å². The predicted molar refractivity (Wildman–Crippen MR) is 101 cm³/mol. The van der Waals surface area contributed by atoms with Crippen LogP contribution >= 0.6 is 0 Å². The van der Waals surface area contributed by atoms with Gasteiger partial charge in [-0.1, -0.05) is 12.1 Å². The van der Waals surface area contributed by atoms with Gasteiger partial charge in [0.2, 0.25) is 0 Å². The molecule has 0 amide bonds. The van der Waals surface area contributed by atoms with Gasteiger partial charge in [0.1, 0.15) is 17.9 Å². The number of ether oxygens (including phenoxy) is 2. The Labute approximate surface area is 153 Å². The van der Waals surface area contributed by atoms with E-state index in [1.54, 1.807) is 12.4 Å². The lowest BCUT2D eigenvalue weighted by atomic mass is 10.0. The maximum atomic E-state index is 6.16. The number of hydrogen-bond donors (Lipinski definition) is 0. The zero-order chi connectivity index (χ0) is 17.8. The third-order valence-electron chi connectivity index (χ3n) is 4.75. The van der Waals surface area contributed by atoms with E-state index in [4.69, 9.17) is 9.47 Å². The highest BCUT2D eigenvalue weighted by atomic mass is 16.5. The molecule has 0 spiro atoms. The highest BCUT2D eigenvalue weighted by Crippen LogP contribution is 2.32. The molecule has 1 fully saturated rings. The SMILES string of the molecule is Cc1cc(CN2CCOCC2)c2cccnc2c1OCc1ccncc1. The molecule has 2 aromatic heterocycles. The molecule has 1 saturated heterocycles. The standard InChI is InChI=1S/C21H23N3O2/c1-16-13-18(14-24-9-11-25-12-10-24)19-3-2-6-23-20(19)21(16)26-15-17-4-7-22-8-5-17/h2-8,13H,9-12,14-15H2,1H3. The molecule has 3 aromatic rings. The number of aromatic nitrogens is 2. The molecule has 0 bridgehead atoms. The Balaban J connectivity index is 1.64. The molecule has 0 unspecified atom stereocenters. The van der Waals surface area contributed by atoms with Gasteiger partial charge in [-0.3, -0.25) is 14.9 Å². The molecule has 0 N–H and O–H groups in total. The monoisotopic (exact) mass is 349 g/mol. The van der Waals surface area contributed by atoms with Gasteiger partial charge in [-0.2, -0.15) is 0 Å². The van der Waals surface area contributed by atoms with Gasteiger partial charge in [0.05, 0.1) is 13.2 Å². The summed E-state index contributed by atoms with van der Waals surface area (Å²) in [5.74, 6) is 0.864. The summed E-state index contributed by atoms with van der Waals surface area (Å²) in [6.45, 7) is 7.08. The first-order chi connectivity index (χ1) is 12.8. The van der Waals surface area contributed by atoms with Crippen molar-refractivity contribution in [3.8, 4) is 5.75 Å². The number of morpholine rings is 1. The number of nitrogens with zero attached hydrogens (tertiary/aromatic N) is 3. The third kappa shape index (κ3) is 3.69. The van der Waals surface area contributed by atoms with Crippen LogP contribution in [-0.2, 0) is 17.9 Å². The van der Waals surface area contributed by atoms with Crippen LogP contribution in [0.4, 0.5) is 0 Å². The minimum atomic E-state index is 0.512. The minimum absolute atomic E-state index is 0.512. The molecular weight excluding hydrogens is 326 g/mol. The van der Waals surface area contributed by atoms with Crippen LogP contribution in [0.15, 0.2) is 48.9 Å². The maximum absolute atomic E-state index is 6.16. The quantitative estimate of drug-likeness (QED) is 0.707. The molecule has 5 nitrogen and oxygen atoms in total. The second-order valence-corrected chi connectivity index (χ2v) is 6.61. The van der Waals surface area contributed by atoms with Crippen molar-refractivity contribution < 1.29 is 9.47 Å². The van der Waals surface area contributed by atoms with Crippen molar-refractivity contribution in [3.05, 3.63) is 65.6 Å². The van der Waals surface area contributed by atoms with Gasteiger partial charge in [0.15, 0.2) is 0 Å². The van der Waals surface area contributed by atoms with E-state index in [2.05, 4.69) is 33.9 Å². The van der Waals surface area contributed by atoms with Crippen LogP contribution in [0.3, 0.4) is 0 Å². The van der Waals surface area contributed by atoms with Gasteiger partial charge in [-0.05, 0) is 41.8 Å². The zero-order valence-corrected chi connectivity index (χ0v) is 15.0. The average Bonchev–Trinajstić information content (AvgIpc) is 2.69. The smallest absolute Gasteiger partial charge is 0.148 e. The topological polar surface area (TPSA) is 47.5 Å². The fraction of sp³-hybridized carbons (Fsp3) is 0.333. The van der Waals surface area contributed by atoms with Crippen molar-refractivity contribution in [1.29, 1.82) is 0 Å². The normalized spacial score (nSPS) is 15.3. The lowest BCUT2D eigenvalue weighted by molar-refractivity contribution is 0.0343. The first-order valence-electron chi connectivity index (χ1n) is 9.00. The average molecular weight is 349 g/mol. The number of pyridine rings is 2. The second-order valence-electron chi connectivity index (χ2n) is 6.61. The fourth-order valence-corrected chi connectivity index (χ4v) is 3.38. The van der Waals surface area contributed by atoms with E-state index in [-0.39, 0.29) is 0 Å². The summed E-state index contributed by atoms with van der Waals surface area (Å²) >= 11 is 0. The van der Waals surface area contributed by atoms with Crippen molar-refractivity contribution in [2.24, 2.45) is 0 Å². The van der Waals surface area contributed by atoms with Crippen LogP contribution < -0.4 is 4.74 Å². The third-order valence-corrected chi connectivity index (χ3v) is 4.75. The van der Waals surface area contributed by atoms with Crippen LogP contribution in [-0.4, -0.2) is 41.2 Å². The number of benzene rings is 1. The Bertz CT molecular complexity index is 877. The van der Waals surface area contributed by atoms with Crippen molar-refractivity contribution >= 4 is 10.9 Å². The highest BCUT2D eigenvalue weighted by Gasteiger charge is 2.16. The molecule has 1 aliphatic heterocycles. The first-order valence-corrected chi connectivity index (χ1v) is 9.00. The van der Waals surface area contributed by atoms with Crippen molar-refractivity contribution in [2.75, 3.05) is 26.3 Å². The molecule has 0 aliphatic carbocycles. The van der Waals surface area contributed by atoms with Gasteiger partial charge < -0.3 is 9.47 Å². The maximum Gasteiger partial charge on any atom is 0.148 e.